The third-order valence-electron chi connectivity index (χ3n) is 3.68. The van der Waals surface area contributed by atoms with Crippen molar-refractivity contribution >= 4 is 16.9 Å². The van der Waals surface area contributed by atoms with Crippen molar-refractivity contribution in [3.05, 3.63) is 42.4 Å². The summed E-state index contributed by atoms with van der Waals surface area (Å²) in [5.41, 5.74) is 2.07. The molecule has 1 amide bonds. The van der Waals surface area contributed by atoms with E-state index in [1.165, 1.54) is 0 Å². The van der Waals surface area contributed by atoms with Gasteiger partial charge in [-0.3, -0.25) is 4.79 Å². The van der Waals surface area contributed by atoms with E-state index in [4.69, 9.17) is 4.42 Å². The van der Waals surface area contributed by atoms with Crippen molar-refractivity contribution in [1.29, 1.82) is 0 Å². The van der Waals surface area contributed by atoms with Crippen molar-refractivity contribution in [2.75, 3.05) is 7.05 Å². The maximum atomic E-state index is 12.2. The van der Waals surface area contributed by atoms with Crippen LogP contribution in [0.15, 0.2) is 35.0 Å². The van der Waals surface area contributed by atoms with Gasteiger partial charge in [0.1, 0.15) is 0 Å². The number of nitrogens with zero attached hydrogens (tertiary/aromatic N) is 5. The van der Waals surface area contributed by atoms with Crippen molar-refractivity contribution in [3.8, 4) is 0 Å². The van der Waals surface area contributed by atoms with E-state index >= 15 is 0 Å². The van der Waals surface area contributed by atoms with Gasteiger partial charge in [0.05, 0.1) is 23.9 Å². The van der Waals surface area contributed by atoms with Crippen LogP contribution in [0.4, 0.5) is 0 Å². The van der Waals surface area contributed by atoms with Crippen molar-refractivity contribution in [1.82, 2.24) is 24.6 Å². The van der Waals surface area contributed by atoms with Gasteiger partial charge in [0.15, 0.2) is 0 Å². The number of benzene rings is 1. The van der Waals surface area contributed by atoms with Crippen molar-refractivity contribution < 1.29 is 9.21 Å². The van der Waals surface area contributed by atoms with Gasteiger partial charge in [-0.05, 0) is 18.6 Å². The molecule has 0 fully saturated rings. The number of aromatic nitrogens is 4. The first-order valence-electron chi connectivity index (χ1n) is 7.56. The highest BCUT2D eigenvalue weighted by atomic mass is 16.4. The number of amides is 1. The second-order valence-corrected chi connectivity index (χ2v) is 5.49. The maximum Gasteiger partial charge on any atom is 0.235 e. The fourth-order valence-corrected chi connectivity index (χ4v) is 2.47. The van der Waals surface area contributed by atoms with Crippen LogP contribution in [0, 0.1) is 6.92 Å². The smallest absolute Gasteiger partial charge is 0.235 e. The van der Waals surface area contributed by atoms with Crippen LogP contribution in [0.2, 0.25) is 0 Å². The molecule has 0 aliphatic heterocycles. The van der Waals surface area contributed by atoms with Crippen LogP contribution < -0.4 is 0 Å². The Morgan fingerprint density at radius 1 is 1.30 bits per heavy atom. The first-order chi connectivity index (χ1) is 11.1. The molecule has 0 bridgehead atoms. The zero-order valence-corrected chi connectivity index (χ0v) is 13.3. The van der Waals surface area contributed by atoms with Gasteiger partial charge in [-0.15, -0.1) is 10.2 Å². The number of fused-ring (bicyclic) bond motifs is 1. The zero-order valence-electron chi connectivity index (χ0n) is 13.3. The number of hydrogen-bond donors (Lipinski definition) is 0. The van der Waals surface area contributed by atoms with Crippen LogP contribution in [-0.2, 0) is 17.9 Å². The van der Waals surface area contributed by atoms with Gasteiger partial charge >= 0.3 is 0 Å². The molecule has 0 saturated carbocycles. The lowest BCUT2D eigenvalue weighted by Crippen LogP contribution is -2.26. The van der Waals surface area contributed by atoms with Gasteiger partial charge in [0.25, 0.3) is 0 Å². The number of imidazole rings is 1. The fraction of sp³-hybridized carbons (Fsp3) is 0.375. The molecule has 3 aromatic rings. The lowest BCUT2D eigenvalue weighted by molar-refractivity contribution is -0.130. The van der Waals surface area contributed by atoms with E-state index in [2.05, 4.69) is 19.7 Å². The summed E-state index contributed by atoms with van der Waals surface area (Å²) in [6.07, 6.45) is 3.04. The Bertz CT molecular complexity index is 808. The zero-order chi connectivity index (χ0) is 16.2. The molecule has 0 aliphatic rings. The lowest BCUT2D eigenvalue weighted by Gasteiger charge is -2.14. The summed E-state index contributed by atoms with van der Waals surface area (Å²) in [6, 6.07) is 7.98. The van der Waals surface area contributed by atoms with E-state index in [0.717, 1.165) is 24.0 Å². The Morgan fingerprint density at radius 2 is 2.13 bits per heavy atom. The van der Waals surface area contributed by atoms with Gasteiger partial charge in [-0.2, -0.15) is 0 Å². The Balaban J connectivity index is 1.50. The molecule has 120 valence electrons. The third kappa shape index (κ3) is 3.56. The molecule has 2 aromatic heterocycles. The summed E-state index contributed by atoms with van der Waals surface area (Å²) in [5.74, 6) is 1.03. The van der Waals surface area contributed by atoms with E-state index in [9.17, 15) is 4.79 Å². The van der Waals surface area contributed by atoms with Crippen molar-refractivity contribution in [3.63, 3.8) is 0 Å². The molecule has 0 N–H and O–H groups in total. The summed E-state index contributed by atoms with van der Waals surface area (Å²) in [7, 11) is 1.74. The second-order valence-electron chi connectivity index (χ2n) is 5.49. The summed E-state index contributed by atoms with van der Waals surface area (Å²) in [4.78, 5) is 18.1. The van der Waals surface area contributed by atoms with Gasteiger partial charge in [0.2, 0.25) is 17.7 Å². The largest absolute Gasteiger partial charge is 0.424 e. The molecule has 0 aliphatic carbocycles. The molecule has 3 rings (SSSR count). The molecule has 0 unspecified atom stereocenters. The topological polar surface area (TPSA) is 77.1 Å². The number of rotatable bonds is 6. The summed E-state index contributed by atoms with van der Waals surface area (Å²) in [5, 5.41) is 7.66. The first-order valence-corrected chi connectivity index (χ1v) is 7.56. The van der Waals surface area contributed by atoms with E-state index < -0.39 is 0 Å². The molecule has 23 heavy (non-hydrogen) atoms. The van der Waals surface area contributed by atoms with Crippen molar-refractivity contribution in [2.45, 2.75) is 32.9 Å². The van der Waals surface area contributed by atoms with Gasteiger partial charge in [-0.1, -0.05) is 12.1 Å². The average molecular weight is 313 g/mol. The van der Waals surface area contributed by atoms with Crippen molar-refractivity contribution in [2.24, 2.45) is 0 Å². The molecule has 2 heterocycles. The van der Waals surface area contributed by atoms with E-state index in [-0.39, 0.29) is 5.91 Å². The van der Waals surface area contributed by atoms with Crippen LogP contribution in [0.5, 0.6) is 0 Å². The van der Waals surface area contributed by atoms with Gasteiger partial charge in [0, 0.05) is 26.9 Å². The molecule has 1 aromatic carbocycles. The Morgan fingerprint density at radius 3 is 2.91 bits per heavy atom. The number of para-hydroxylation sites is 2. The minimum atomic E-state index is 0.0604. The minimum Gasteiger partial charge on any atom is -0.424 e. The van der Waals surface area contributed by atoms with Gasteiger partial charge in [-0.25, -0.2) is 4.98 Å². The lowest BCUT2D eigenvalue weighted by atomic mass is 10.2. The van der Waals surface area contributed by atoms with E-state index in [1.807, 2.05) is 30.6 Å². The fourth-order valence-electron chi connectivity index (χ4n) is 2.47. The highest BCUT2D eigenvalue weighted by Crippen LogP contribution is 2.13. The number of carbonyl (C=O) groups is 1. The monoisotopic (exact) mass is 313 g/mol. The molecule has 7 nitrogen and oxygen atoms in total. The maximum absolute atomic E-state index is 12.2. The predicted octanol–water partition coefficient (Wildman–Crippen LogP) is 2.17. The molecule has 7 heteroatoms. The van der Waals surface area contributed by atoms with Crippen LogP contribution >= 0.6 is 0 Å². The number of aryl methyl sites for hydroxylation is 2. The molecule has 0 radical (unpaired) electrons. The standard InChI is InChI=1S/C16H19N5O2/c1-12-18-19-15(23-12)10-20(2)16(22)8-5-9-21-11-17-13-6-3-4-7-14(13)21/h3-4,6-7,11H,5,8-10H2,1-2H3. The Labute approximate surface area is 133 Å². The highest BCUT2D eigenvalue weighted by Gasteiger charge is 2.12. The first kappa shape index (κ1) is 15.2. The highest BCUT2D eigenvalue weighted by molar-refractivity contribution is 5.76. The minimum absolute atomic E-state index is 0.0604. The predicted molar refractivity (Wildman–Crippen MR) is 84.5 cm³/mol. The summed E-state index contributed by atoms with van der Waals surface area (Å²) >= 11 is 0. The van der Waals surface area contributed by atoms with Crippen LogP contribution in [-0.4, -0.2) is 37.6 Å². The quantitative estimate of drug-likeness (QED) is 0.697. The number of hydrogen-bond acceptors (Lipinski definition) is 5. The average Bonchev–Trinajstić information content (AvgIpc) is 3.14. The Hall–Kier alpha value is -2.70. The van der Waals surface area contributed by atoms with E-state index in [0.29, 0.717) is 24.7 Å². The molecular formula is C16H19N5O2. The second kappa shape index (κ2) is 6.60. The molecular weight excluding hydrogens is 294 g/mol. The normalized spacial score (nSPS) is 11.0. The summed E-state index contributed by atoms with van der Waals surface area (Å²) < 4.78 is 7.36. The third-order valence-corrected chi connectivity index (χ3v) is 3.68. The Kier molecular flexibility index (Phi) is 4.36. The SMILES string of the molecule is Cc1nnc(CN(C)C(=O)CCCn2cnc3ccccc32)o1. The van der Waals surface area contributed by atoms with Crippen LogP contribution in [0.25, 0.3) is 11.0 Å². The summed E-state index contributed by atoms with van der Waals surface area (Å²) in [6.45, 7) is 2.83. The van der Waals surface area contributed by atoms with Gasteiger partial charge < -0.3 is 13.9 Å². The van der Waals surface area contributed by atoms with Crippen LogP contribution in [0.1, 0.15) is 24.6 Å². The van der Waals surface area contributed by atoms with E-state index in [1.54, 1.807) is 18.9 Å². The number of carbonyl (C=O) groups excluding carboxylic acids is 1. The molecule has 0 atom stereocenters. The molecule has 0 saturated heterocycles. The molecule has 0 spiro atoms. The van der Waals surface area contributed by atoms with Crippen LogP contribution in [0.3, 0.4) is 0 Å².